The normalized spacial score (nSPS) is 10.8. The number of esters is 1. The summed E-state index contributed by atoms with van der Waals surface area (Å²) in [6, 6.07) is 11.4. The smallest absolute Gasteiger partial charge is 0.343 e. The highest BCUT2D eigenvalue weighted by molar-refractivity contribution is 5.92. The SMILES string of the molecule is CCOC(=O)c1cc2c(ncn2Cc2ccccc2)[nH]c1=O. The number of nitrogens with one attached hydrogen (secondary N) is 1. The Morgan fingerprint density at radius 2 is 2.09 bits per heavy atom. The number of imidazole rings is 1. The second kappa shape index (κ2) is 5.85. The Morgan fingerprint density at radius 1 is 1.32 bits per heavy atom. The first kappa shape index (κ1) is 14.1. The van der Waals surface area contributed by atoms with Gasteiger partial charge in [0.05, 0.1) is 18.5 Å². The molecule has 0 saturated carbocycles. The van der Waals surface area contributed by atoms with Crippen molar-refractivity contribution in [3.05, 3.63) is 64.2 Å². The molecule has 0 bridgehead atoms. The first-order chi connectivity index (χ1) is 10.7. The van der Waals surface area contributed by atoms with Gasteiger partial charge in [0.1, 0.15) is 5.56 Å². The molecule has 0 amide bonds. The summed E-state index contributed by atoms with van der Waals surface area (Å²) in [6.45, 7) is 2.52. The summed E-state index contributed by atoms with van der Waals surface area (Å²) in [4.78, 5) is 30.5. The molecule has 3 aromatic rings. The maximum atomic E-state index is 11.9. The third-order valence-electron chi connectivity index (χ3n) is 3.33. The fraction of sp³-hybridized carbons (Fsp3) is 0.188. The van der Waals surface area contributed by atoms with Gasteiger partial charge in [-0.3, -0.25) is 4.79 Å². The van der Waals surface area contributed by atoms with Crippen LogP contribution in [0.25, 0.3) is 11.2 Å². The van der Waals surface area contributed by atoms with Crippen molar-refractivity contribution >= 4 is 17.1 Å². The van der Waals surface area contributed by atoms with Crippen LogP contribution in [0.15, 0.2) is 47.5 Å². The molecule has 2 aromatic heterocycles. The summed E-state index contributed by atoms with van der Waals surface area (Å²) in [6.07, 6.45) is 1.64. The lowest BCUT2D eigenvalue weighted by Crippen LogP contribution is -2.19. The van der Waals surface area contributed by atoms with Gasteiger partial charge in [0.2, 0.25) is 0 Å². The van der Waals surface area contributed by atoms with Gasteiger partial charge in [0, 0.05) is 6.54 Å². The molecule has 0 atom stereocenters. The van der Waals surface area contributed by atoms with E-state index in [0.29, 0.717) is 17.7 Å². The third-order valence-corrected chi connectivity index (χ3v) is 3.33. The molecule has 0 saturated heterocycles. The Morgan fingerprint density at radius 3 is 2.82 bits per heavy atom. The molecule has 0 aliphatic rings. The summed E-state index contributed by atoms with van der Waals surface area (Å²) >= 11 is 0. The molecule has 1 aromatic carbocycles. The van der Waals surface area contributed by atoms with E-state index in [2.05, 4.69) is 9.97 Å². The lowest BCUT2D eigenvalue weighted by molar-refractivity contribution is 0.0524. The van der Waals surface area contributed by atoms with E-state index in [0.717, 1.165) is 5.56 Å². The Hall–Kier alpha value is -2.89. The van der Waals surface area contributed by atoms with Crippen LogP contribution < -0.4 is 5.56 Å². The number of carbonyl (C=O) groups is 1. The minimum Gasteiger partial charge on any atom is -0.462 e. The molecule has 0 aliphatic heterocycles. The van der Waals surface area contributed by atoms with E-state index < -0.39 is 11.5 Å². The first-order valence-corrected chi connectivity index (χ1v) is 6.98. The minimum atomic E-state index is -0.627. The third kappa shape index (κ3) is 2.63. The van der Waals surface area contributed by atoms with Crippen LogP contribution >= 0.6 is 0 Å². The van der Waals surface area contributed by atoms with Gasteiger partial charge < -0.3 is 14.3 Å². The second-order valence-corrected chi connectivity index (χ2v) is 4.82. The predicted octanol–water partition coefficient (Wildman–Crippen LogP) is 1.95. The van der Waals surface area contributed by atoms with E-state index in [4.69, 9.17) is 4.74 Å². The van der Waals surface area contributed by atoms with E-state index in [1.165, 1.54) is 6.07 Å². The van der Waals surface area contributed by atoms with E-state index in [9.17, 15) is 9.59 Å². The van der Waals surface area contributed by atoms with Crippen molar-refractivity contribution in [1.29, 1.82) is 0 Å². The number of carbonyl (C=O) groups excluding carboxylic acids is 1. The molecule has 6 nitrogen and oxygen atoms in total. The standard InChI is InChI=1S/C16H15N3O3/c1-2-22-16(21)12-8-13-14(18-15(12)20)17-10-19(13)9-11-6-4-3-5-7-11/h3-8,10H,2,9H2,1H3,(H,18,20). The number of rotatable bonds is 4. The molecular formula is C16H15N3O3. The van der Waals surface area contributed by atoms with E-state index >= 15 is 0 Å². The number of benzene rings is 1. The maximum absolute atomic E-state index is 11.9. The van der Waals surface area contributed by atoms with Gasteiger partial charge >= 0.3 is 5.97 Å². The van der Waals surface area contributed by atoms with Gasteiger partial charge in [-0.2, -0.15) is 0 Å². The molecule has 1 N–H and O–H groups in total. The number of hydrogen-bond donors (Lipinski definition) is 1. The molecule has 3 rings (SSSR count). The number of nitrogens with zero attached hydrogens (tertiary/aromatic N) is 2. The summed E-state index contributed by atoms with van der Waals surface area (Å²) in [5, 5.41) is 0. The number of aromatic amines is 1. The number of aromatic nitrogens is 3. The summed E-state index contributed by atoms with van der Waals surface area (Å²) in [7, 11) is 0. The van der Waals surface area contributed by atoms with Crippen molar-refractivity contribution in [2.24, 2.45) is 0 Å². The highest BCUT2D eigenvalue weighted by Crippen LogP contribution is 2.13. The highest BCUT2D eigenvalue weighted by atomic mass is 16.5. The number of hydrogen-bond acceptors (Lipinski definition) is 4. The number of fused-ring (bicyclic) bond motifs is 1. The number of ether oxygens (including phenoxy) is 1. The Bertz CT molecular complexity index is 865. The Balaban J connectivity index is 2.04. The first-order valence-electron chi connectivity index (χ1n) is 6.98. The lowest BCUT2D eigenvalue weighted by Gasteiger charge is -2.05. The van der Waals surface area contributed by atoms with Crippen LogP contribution in [0.4, 0.5) is 0 Å². The topological polar surface area (TPSA) is 77.0 Å². The predicted molar refractivity (Wildman–Crippen MR) is 81.9 cm³/mol. The second-order valence-electron chi connectivity index (χ2n) is 4.82. The van der Waals surface area contributed by atoms with Crippen molar-refractivity contribution in [3.8, 4) is 0 Å². The van der Waals surface area contributed by atoms with Crippen LogP contribution in [0.2, 0.25) is 0 Å². The van der Waals surface area contributed by atoms with Crippen LogP contribution in [-0.4, -0.2) is 27.1 Å². The van der Waals surface area contributed by atoms with Gasteiger partial charge in [0.15, 0.2) is 5.65 Å². The lowest BCUT2D eigenvalue weighted by atomic mass is 10.2. The van der Waals surface area contributed by atoms with Crippen molar-refractivity contribution in [2.45, 2.75) is 13.5 Å². The molecule has 0 radical (unpaired) electrons. The minimum absolute atomic E-state index is 0.0100. The number of pyridine rings is 1. The van der Waals surface area contributed by atoms with Crippen molar-refractivity contribution in [2.75, 3.05) is 6.61 Å². The zero-order chi connectivity index (χ0) is 15.5. The van der Waals surface area contributed by atoms with Crippen molar-refractivity contribution in [1.82, 2.24) is 14.5 Å². The zero-order valence-electron chi connectivity index (χ0n) is 12.1. The van der Waals surface area contributed by atoms with Gasteiger partial charge in [0.25, 0.3) is 5.56 Å². The molecule has 22 heavy (non-hydrogen) atoms. The fourth-order valence-electron chi connectivity index (χ4n) is 2.28. The van der Waals surface area contributed by atoms with Crippen LogP contribution in [0.3, 0.4) is 0 Å². The maximum Gasteiger partial charge on any atom is 0.343 e. The molecule has 0 aliphatic carbocycles. The summed E-state index contributed by atoms with van der Waals surface area (Å²) in [5.41, 5.74) is 1.74. The van der Waals surface area contributed by atoms with Gasteiger partial charge in [-0.1, -0.05) is 30.3 Å². The highest BCUT2D eigenvalue weighted by Gasteiger charge is 2.15. The van der Waals surface area contributed by atoms with Crippen LogP contribution in [0, 0.1) is 0 Å². The van der Waals surface area contributed by atoms with E-state index in [1.807, 2.05) is 34.9 Å². The average Bonchev–Trinajstić information content (AvgIpc) is 2.89. The van der Waals surface area contributed by atoms with Gasteiger partial charge in [-0.05, 0) is 18.6 Å². The molecule has 112 valence electrons. The summed E-state index contributed by atoms with van der Waals surface area (Å²) in [5.74, 6) is -0.627. The van der Waals surface area contributed by atoms with Crippen LogP contribution in [0.5, 0.6) is 0 Å². The molecule has 6 heteroatoms. The van der Waals surface area contributed by atoms with Crippen LogP contribution in [0.1, 0.15) is 22.8 Å². The quantitative estimate of drug-likeness (QED) is 0.747. The fourth-order valence-corrected chi connectivity index (χ4v) is 2.28. The van der Waals surface area contributed by atoms with E-state index in [-0.39, 0.29) is 12.2 Å². The Labute approximate surface area is 126 Å². The van der Waals surface area contributed by atoms with Crippen molar-refractivity contribution in [3.63, 3.8) is 0 Å². The molecule has 0 spiro atoms. The van der Waals surface area contributed by atoms with Crippen LogP contribution in [-0.2, 0) is 11.3 Å². The zero-order valence-corrected chi connectivity index (χ0v) is 12.1. The molecular weight excluding hydrogens is 282 g/mol. The monoisotopic (exact) mass is 297 g/mol. The van der Waals surface area contributed by atoms with Crippen molar-refractivity contribution < 1.29 is 9.53 Å². The molecule has 2 heterocycles. The largest absolute Gasteiger partial charge is 0.462 e. The summed E-state index contributed by atoms with van der Waals surface area (Å²) < 4.78 is 6.78. The van der Waals surface area contributed by atoms with Gasteiger partial charge in [-0.25, -0.2) is 9.78 Å². The Kier molecular flexibility index (Phi) is 3.74. The van der Waals surface area contributed by atoms with Gasteiger partial charge in [-0.15, -0.1) is 0 Å². The van der Waals surface area contributed by atoms with E-state index in [1.54, 1.807) is 13.3 Å². The number of H-pyrrole nitrogens is 1. The molecule has 0 fully saturated rings. The average molecular weight is 297 g/mol. The molecule has 0 unspecified atom stereocenters.